The molecule has 2 aromatic carbocycles. The number of carbonyl (C=O) groups excluding carboxylic acids is 1. The summed E-state index contributed by atoms with van der Waals surface area (Å²) in [5.74, 6) is -0.423. The van der Waals surface area contributed by atoms with Gasteiger partial charge in [0.1, 0.15) is 0 Å². The first-order valence-electron chi connectivity index (χ1n) is 7.77. The fraction of sp³-hybridized carbons (Fsp3) is 0.0526. The van der Waals surface area contributed by atoms with Crippen molar-refractivity contribution in [3.8, 4) is 11.3 Å². The van der Waals surface area contributed by atoms with Crippen LogP contribution in [0.2, 0.25) is 5.02 Å². The van der Waals surface area contributed by atoms with E-state index >= 15 is 0 Å². The van der Waals surface area contributed by atoms with Crippen molar-refractivity contribution in [2.45, 2.75) is 4.90 Å². The number of benzene rings is 2. The fourth-order valence-corrected chi connectivity index (χ4v) is 4.02. The lowest BCUT2D eigenvalue weighted by Gasteiger charge is -2.10. The third kappa shape index (κ3) is 4.66. The van der Waals surface area contributed by atoms with Gasteiger partial charge in [0.05, 0.1) is 21.2 Å². The van der Waals surface area contributed by atoms with Crippen LogP contribution in [0.3, 0.4) is 0 Å². The van der Waals surface area contributed by atoms with Gasteiger partial charge in [0.15, 0.2) is 9.84 Å². The summed E-state index contributed by atoms with van der Waals surface area (Å²) >= 11 is 8.32. The number of hydrogen-bond donors (Lipinski definition) is 1. The summed E-state index contributed by atoms with van der Waals surface area (Å²) in [4.78, 5) is 17.0. The van der Waals surface area contributed by atoms with Crippen LogP contribution in [-0.4, -0.2) is 25.6 Å². The summed E-state index contributed by atoms with van der Waals surface area (Å²) < 4.78 is 24.2. The maximum atomic E-state index is 12.6. The van der Waals surface area contributed by atoms with Gasteiger partial charge in [0.25, 0.3) is 5.91 Å². The Kier molecular flexibility index (Phi) is 5.83. The lowest BCUT2D eigenvalue weighted by atomic mass is 10.1. The molecule has 0 aliphatic heterocycles. The molecule has 1 aromatic heterocycles. The van der Waals surface area contributed by atoms with Crippen LogP contribution < -0.4 is 5.32 Å². The number of amides is 1. The summed E-state index contributed by atoms with van der Waals surface area (Å²) in [6.07, 6.45) is 2.79. The van der Waals surface area contributed by atoms with Crippen LogP contribution in [0, 0.1) is 3.57 Å². The van der Waals surface area contributed by atoms with Gasteiger partial charge in [-0.3, -0.25) is 9.78 Å². The highest BCUT2D eigenvalue weighted by Crippen LogP contribution is 2.28. The van der Waals surface area contributed by atoms with Gasteiger partial charge in [0, 0.05) is 27.3 Å². The molecule has 5 nitrogen and oxygen atoms in total. The van der Waals surface area contributed by atoms with Gasteiger partial charge in [-0.2, -0.15) is 0 Å². The van der Waals surface area contributed by atoms with Crippen molar-refractivity contribution >= 4 is 55.6 Å². The van der Waals surface area contributed by atoms with E-state index in [0.29, 0.717) is 5.69 Å². The van der Waals surface area contributed by atoms with Crippen molar-refractivity contribution in [1.29, 1.82) is 0 Å². The molecular formula is C19H14ClIN2O3S. The Morgan fingerprint density at radius 1 is 1.11 bits per heavy atom. The normalized spacial score (nSPS) is 11.2. The Labute approximate surface area is 175 Å². The Bertz CT molecular complexity index is 1120. The summed E-state index contributed by atoms with van der Waals surface area (Å²) in [6, 6.07) is 15.2. The van der Waals surface area contributed by atoms with Gasteiger partial charge < -0.3 is 5.32 Å². The van der Waals surface area contributed by atoms with Crippen LogP contribution in [0.1, 0.15) is 10.4 Å². The molecule has 0 bridgehead atoms. The number of nitrogens with one attached hydrogen (secondary N) is 1. The van der Waals surface area contributed by atoms with Crippen molar-refractivity contribution in [3.05, 3.63) is 75.0 Å². The molecule has 3 rings (SSSR count). The number of aromatic nitrogens is 1. The number of halogens is 2. The molecule has 0 atom stereocenters. The maximum absolute atomic E-state index is 12.6. The number of carbonyl (C=O) groups is 1. The number of nitrogens with zero attached hydrogens (tertiary/aromatic N) is 1. The van der Waals surface area contributed by atoms with E-state index in [0.717, 1.165) is 21.1 Å². The SMILES string of the molecule is CS(=O)(=O)c1ccc(C(=O)Nc2ccc(I)c(-c3ccccn3)c2)c(Cl)c1. The monoisotopic (exact) mass is 512 g/mol. The summed E-state index contributed by atoms with van der Waals surface area (Å²) in [5.41, 5.74) is 2.48. The van der Waals surface area contributed by atoms with Gasteiger partial charge in [-0.15, -0.1) is 0 Å². The standard InChI is InChI=1S/C19H14ClIN2O3S/c1-27(25,26)13-6-7-14(16(20)11-13)19(24)23-12-5-8-17(21)15(10-12)18-4-2-3-9-22-18/h2-11H,1H3,(H,23,24). The van der Waals surface area contributed by atoms with Crippen LogP contribution in [0.5, 0.6) is 0 Å². The minimum Gasteiger partial charge on any atom is -0.322 e. The molecular weight excluding hydrogens is 499 g/mol. The van der Waals surface area contributed by atoms with Crippen LogP contribution in [0.4, 0.5) is 5.69 Å². The summed E-state index contributed by atoms with van der Waals surface area (Å²) in [7, 11) is -3.39. The van der Waals surface area contributed by atoms with E-state index in [9.17, 15) is 13.2 Å². The average molecular weight is 513 g/mol. The molecule has 0 radical (unpaired) electrons. The molecule has 138 valence electrons. The van der Waals surface area contributed by atoms with Gasteiger partial charge in [-0.1, -0.05) is 17.7 Å². The van der Waals surface area contributed by atoms with E-state index in [1.54, 1.807) is 12.3 Å². The van der Waals surface area contributed by atoms with Crippen molar-refractivity contribution in [3.63, 3.8) is 0 Å². The first-order chi connectivity index (χ1) is 12.8. The zero-order valence-electron chi connectivity index (χ0n) is 14.1. The lowest BCUT2D eigenvalue weighted by Crippen LogP contribution is -2.13. The molecule has 1 heterocycles. The largest absolute Gasteiger partial charge is 0.322 e. The zero-order valence-corrected chi connectivity index (χ0v) is 17.8. The average Bonchev–Trinajstić information content (AvgIpc) is 2.63. The lowest BCUT2D eigenvalue weighted by molar-refractivity contribution is 0.102. The molecule has 0 unspecified atom stereocenters. The molecule has 27 heavy (non-hydrogen) atoms. The van der Waals surface area contributed by atoms with Crippen molar-refractivity contribution < 1.29 is 13.2 Å². The number of anilines is 1. The number of hydrogen-bond acceptors (Lipinski definition) is 4. The molecule has 8 heteroatoms. The molecule has 0 spiro atoms. The van der Waals surface area contributed by atoms with E-state index in [-0.39, 0.29) is 15.5 Å². The Balaban J connectivity index is 1.89. The molecule has 0 aliphatic rings. The van der Waals surface area contributed by atoms with Crippen LogP contribution >= 0.6 is 34.2 Å². The number of rotatable bonds is 4. The van der Waals surface area contributed by atoms with Crippen LogP contribution in [-0.2, 0) is 9.84 Å². The highest BCUT2D eigenvalue weighted by Gasteiger charge is 2.15. The second kappa shape index (κ2) is 7.95. The Morgan fingerprint density at radius 2 is 1.89 bits per heavy atom. The molecule has 0 aliphatic carbocycles. The number of pyridine rings is 1. The number of sulfone groups is 1. The van der Waals surface area contributed by atoms with E-state index in [4.69, 9.17) is 11.6 Å². The Hall–Kier alpha value is -1.97. The van der Waals surface area contributed by atoms with Crippen molar-refractivity contribution in [1.82, 2.24) is 4.98 Å². The summed E-state index contributed by atoms with van der Waals surface area (Å²) in [5, 5.41) is 2.87. The second-order valence-corrected chi connectivity index (χ2v) is 9.36. The van der Waals surface area contributed by atoms with Gasteiger partial charge in [0.2, 0.25) is 0 Å². The van der Waals surface area contributed by atoms with Gasteiger partial charge in [-0.05, 0) is 71.1 Å². The topological polar surface area (TPSA) is 76.1 Å². The Morgan fingerprint density at radius 3 is 2.52 bits per heavy atom. The van der Waals surface area contributed by atoms with Crippen molar-refractivity contribution in [2.75, 3.05) is 11.6 Å². The van der Waals surface area contributed by atoms with Gasteiger partial charge >= 0.3 is 0 Å². The third-order valence-electron chi connectivity index (χ3n) is 3.78. The fourth-order valence-electron chi connectivity index (χ4n) is 2.43. The van der Waals surface area contributed by atoms with Crippen LogP contribution in [0.15, 0.2) is 65.7 Å². The second-order valence-electron chi connectivity index (χ2n) is 5.78. The summed E-state index contributed by atoms with van der Waals surface area (Å²) in [6.45, 7) is 0. The molecule has 0 saturated carbocycles. The first-order valence-corrected chi connectivity index (χ1v) is 11.1. The molecule has 0 saturated heterocycles. The molecule has 0 fully saturated rings. The third-order valence-corrected chi connectivity index (χ3v) is 6.14. The minimum absolute atomic E-state index is 0.0655. The zero-order chi connectivity index (χ0) is 19.6. The van der Waals surface area contributed by atoms with Gasteiger partial charge in [-0.25, -0.2) is 8.42 Å². The highest BCUT2D eigenvalue weighted by atomic mass is 127. The highest BCUT2D eigenvalue weighted by molar-refractivity contribution is 14.1. The molecule has 1 N–H and O–H groups in total. The maximum Gasteiger partial charge on any atom is 0.257 e. The predicted molar refractivity (Wildman–Crippen MR) is 115 cm³/mol. The minimum atomic E-state index is -3.39. The van der Waals surface area contributed by atoms with E-state index in [2.05, 4.69) is 32.9 Å². The smallest absolute Gasteiger partial charge is 0.257 e. The predicted octanol–water partition coefficient (Wildman–Crippen LogP) is 4.66. The van der Waals surface area contributed by atoms with Crippen LogP contribution in [0.25, 0.3) is 11.3 Å². The molecule has 3 aromatic rings. The first kappa shape index (κ1) is 19.8. The van der Waals surface area contributed by atoms with Crippen molar-refractivity contribution in [2.24, 2.45) is 0 Å². The molecule has 1 amide bonds. The van der Waals surface area contributed by atoms with E-state index < -0.39 is 15.7 Å². The quantitative estimate of drug-likeness (QED) is 0.516. The van der Waals surface area contributed by atoms with E-state index in [1.807, 2.05) is 30.3 Å². The van der Waals surface area contributed by atoms with E-state index in [1.165, 1.54) is 18.2 Å².